The molecule has 0 aliphatic carbocycles. The molecule has 3 aromatic rings. The number of nitrogen functional groups attached to an aromatic ring is 2. The number of hydrogen-bond donors (Lipinski definition) is 2. The van der Waals surface area contributed by atoms with E-state index in [1.165, 1.54) is 0 Å². The second-order valence-corrected chi connectivity index (χ2v) is 7.55. The van der Waals surface area contributed by atoms with Gasteiger partial charge >= 0.3 is 18.5 Å². The number of benzene rings is 3. The number of alkyl halides is 9. The van der Waals surface area contributed by atoms with Crippen molar-refractivity contribution in [2.75, 3.05) is 11.5 Å². The van der Waals surface area contributed by atoms with E-state index in [1.54, 1.807) is 0 Å². The second kappa shape index (κ2) is 8.88. The molecule has 0 aliphatic heterocycles. The highest BCUT2D eigenvalue weighted by atomic mass is 19.4. The number of nitrogens with two attached hydrogens (primary N) is 2. The van der Waals surface area contributed by atoms with Crippen LogP contribution in [0.4, 0.5) is 50.9 Å². The van der Waals surface area contributed by atoms with Crippen molar-refractivity contribution in [1.29, 1.82) is 0 Å². The van der Waals surface area contributed by atoms with Gasteiger partial charge in [-0.3, -0.25) is 9.59 Å². The summed E-state index contributed by atoms with van der Waals surface area (Å²) in [5.41, 5.74) is 2.58. The first-order valence-corrected chi connectivity index (χ1v) is 9.64. The molecule has 0 fully saturated rings. The molecule has 0 heterocycles. The third-order valence-electron chi connectivity index (χ3n) is 5.02. The lowest BCUT2D eigenvalue weighted by Crippen LogP contribution is -2.14. The number of ketones is 2. The van der Waals surface area contributed by atoms with Crippen molar-refractivity contribution in [3.8, 4) is 0 Å². The summed E-state index contributed by atoms with van der Waals surface area (Å²) in [6, 6.07) is 5.14. The van der Waals surface area contributed by atoms with Gasteiger partial charge in [-0.15, -0.1) is 0 Å². The van der Waals surface area contributed by atoms with Crippen molar-refractivity contribution >= 4 is 22.9 Å². The molecule has 4 N–H and O–H groups in total. The van der Waals surface area contributed by atoms with Crippen LogP contribution in [0.2, 0.25) is 0 Å². The fourth-order valence-corrected chi connectivity index (χ4v) is 3.31. The molecule has 0 atom stereocenters. The highest BCUT2D eigenvalue weighted by molar-refractivity contribution is 6.14. The smallest absolute Gasteiger partial charge is 0.398 e. The van der Waals surface area contributed by atoms with Crippen LogP contribution >= 0.6 is 0 Å². The van der Waals surface area contributed by atoms with E-state index in [0.717, 1.165) is 6.07 Å². The largest absolute Gasteiger partial charge is 0.418 e. The van der Waals surface area contributed by atoms with E-state index >= 15 is 0 Å². The van der Waals surface area contributed by atoms with E-state index in [-0.39, 0.29) is 0 Å². The number of anilines is 2. The maximum absolute atomic E-state index is 13.5. The molecule has 13 heteroatoms. The summed E-state index contributed by atoms with van der Waals surface area (Å²) in [7, 11) is 0. The molecular weight excluding hydrogens is 507 g/mol. The van der Waals surface area contributed by atoms with Gasteiger partial charge in [0.05, 0.1) is 16.7 Å². The fraction of sp³-hybridized carbons (Fsp3) is 0.130. The van der Waals surface area contributed by atoms with Crippen LogP contribution in [0, 0.1) is 0 Å². The first-order chi connectivity index (χ1) is 16.4. The molecule has 0 aromatic heterocycles. The minimum absolute atomic E-state index is 0.383. The Hall–Kier alpha value is -4.03. The third-order valence-corrected chi connectivity index (χ3v) is 5.02. The molecular formula is C23H13F9N2O2. The van der Waals surface area contributed by atoms with E-state index in [1.807, 2.05) is 0 Å². The number of carbonyl (C=O) groups is 2. The first-order valence-electron chi connectivity index (χ1n) is 9.64. The minimum atomic E-state index is -5.05. The Morgan fingerprint density at radius 1 is 0.500 bits per heavy atom. The molecule has 0 unspecified atom stereocenters. The Kier molecular flexibility index (Phi) is 6.55. The summed E-state index contributed by atoms with van der Waals surface area (Å²) in [6.07, 6.45) is -14.7. The number of halogens is 9. The average Bonchev–Trinajstić information content (AvgIpc) is 2.75. The number of hydrogen-bond acceptors (Lipinski definition) is 4. The molecule has 36 heavy (non-hydrogen) atoms. The van der Waals surface area contributed by atoms with Crippen LogP contribution in [0.15, 0.2) is 54.6 Å². The van der Waals surface area contributed by atoms with Crippen LogP contribution in [0.3, 0.4) is 0 Å². The lowest BCUT2D eigenvalue weighted by atomic mass is 9.93. The average molecular weight is 520 g/mol. The Morgan fingerprint density at radius 2 is 0.861 bits per heavy atom. The van der Waals surface area contributed by atoms with Crippen LogP contribution < -0.4 is 11.5 Å². The van der Waals surface area contributed by atoms with E-state index in [4.69, 9.17) is 11.5 Å². The maximum Gasteiger partial charge on any atom is 0.418 e. The molecule has 4 nitrogen and oxygen atoms in total. The highest BCUT2D eigenvalue weighted by Gasteiger charge is 2.35. The molecule has 0 spiro atoms. The van der Waals surface area contributed by atoms with Gasteiger partial charge in [0.15, 0.2) is 11.6 Å². The topological polar surface area (TPSA) is 86.2 Å². The van der Waals surface area contributed by atoms with E-state index in [9.17, 15) is 49.1 Å². The molecule has 0 bridgehead atoms. The SMILES string of the molecule is Nc1cc(C(=O)c2cc(C(=O)c3ccc(C(F)(F)F)c(N)c3)cc(C(F)(F)F)c2)ccc1C(F)(F)F. The highest BCUT2D eigenvalue weighted by Crippen LogP contribution is 2.36. The summed E-state index contributed by atoms with van der Waals surface area (Å²) >= 11 is 0. The van der Waals surface area contributed by atoms with Gasteiger partial charge in [0.2, 0.25) is 0 Å². The van der Waals surface area contributed by atoms with Crippen molar-refractivity contribution in [3.05, 3.63) is 93.5 Å². The molecule has 0 radical (unpaired) electrons. The molecule has 0 saturated heterocycles. The van der Waals surface area contributed by atoms with Gasteiger partial charge in [-0.1, -0.05) is 12.1 Å². The summed E-state index contributed by atoms with van der Waals surface area (Å²) in [5, 5.41) is 0. The Morgan fingerprint density at radius 3 is 1.14 bits per heavy atom. The second-order valence-electron chi connectivity index (χ2n) is 7.55. The maximum atomic E-state index is 13.5. The van der Waals surface area contributed by atoms with Crippen LogP contribution in [-0.2, 0) is 18.5 Å². The molecule has 0 saturated carbocycles. The predicted molar refractivity (Wildman–Crippen MR) is 110 cm³/mol. The predicted octanol–water partition coefficient (Wildman–Crippen LogP) is 6.37. The van der Waals surface area contributed by atoms with Gasteiger partial charge in [-0.05, 0) is 42.5 Å². The van der Waals surface area contributed by atoms with Gasteiger partial charge < -0.3 is 11.5 Å². The van der Waals surface area contributed by atoms with Crippen molar-refractivity contribution in [1.82, 2.24) is 0 Å². The summed E-state index contributed by atoms with van der Waals surface area (Å²) in [4.78, 5) is 25.6. The van der Waals surface area contributed by atoms with Crippen molar-refractivity contribution < 1.29 is 49.1 Å². The van der Waals surface area contributed by atoms with Crippen molar-refractivity contribution in [2.45, 2.75) is 18.5 Å². The lowest BCUT2D eigenvalue weighted by molar-refractivity contribution is -0.138. The normalized spacial score (nSPS) is 12.5. The zero-order valence-electron chi connectivity index (χ0n) is 17.6. The number of carbonyl (C=O) groups excluding carboxylic acids is 2. The third kappa shape index (κ3) is 5.44. The van der Waals surface area contributed by atoms with Crippen LogP contribution in [0.1, 0.15) is 48.5 Å². The zero-order chi connectivity index (χ0) is 27.2. The monoisotopic (exact) mass is 520 g/mol. The van der Waals surface area contributed by atoms with Gasteiger partial charge in [0.25, 0.3) is 0 Å². The quantitative estimate of drug-likeness (QED) is 0.238. The molecule has 0 amide bonds. The first kappa shape index (κ1) is 26.6. The van der Waals surface area contributed by atoms with Crippen molar-refractivity contribution in [2.24, 2.45) is 0 Å². The molecule has 3 aromatic carbocycles. The van der Waals surface area contributed by atoms with E-state index < -0.39 is 80.4 Å². The summed E-state index contributed by atoms with van der Waals surface area (Å²) < 4.78 is 118. The Balaban J connectivity index is 2.09. The lowest BCUT2D eigenvalue weighted by Gasteiger charge is -2.14. The van der Waals surface area contributed by atoms with E-state index in [0.29, 0.717) is 48.5 Å². The summed E-state index contributed by atoms with van der Waals surface area (Å²) in [5.74, 6) is -2.36. The van der Waals surface area contributed by atoms with Gasteiger partial charge in [-0.2, -0.15) is 39.5 Å². The fourth-order valence-electron chi connectivity index (χ4n) is 3.31. The van der Waals surface area contributed by atoms with E-state index in [2.05, 4.69) is 0 Å². The van der Waals surface area contributed by atoms with Gasteiger partial charge in [0, 0.05) is 33.6 Å². The Bertz CT molecular complexity index is 1260. The summed E-state index contributed by atoms with van der Waals surface area (Å²) in [6.45, 7) is 0. The zero-order valence-corrected chi connectivity index (χ0v) is 17.6. The van der Waals surface area contributed by atoms with Gasteiger partial charge in [0.1, 0.15) is 0 Å². The molecule has 3 rings (SSSR count). The minimum Gasteiger partial charge on any atom is -0.398 e. The van der Waals surface area contributed by atoms with Crippen molar-refractivity contribution in [3.63, 3.8) is 0 Å². The standard InChI is InChI=1S/C23H13F9N2O2/c24-21(25,26)14-6-12(19(35)10-1-3-15(17(33)8-10)22(27,28)29)5-13(7-14)20(36)11-2-4-16(18(34)9-11)23(30,31)32/h1-9H,33-34H2. The Labute approximate surface area is 196 Å². The van der Waals surface area contributed by atoms with Crippen LogP contribution in [0.5, 0.6) is 0 Å². The molecule has 190 valence electrons. The molecule has 0 aliphatic rings. The van der Waals surface area contributed by atoms with Crippen LogP contribution in [-0.4, -0.2) is 11.6 Å². The van der Waals surface area contributed by atoms with Gasteiger partial charge in [-0.25, -0.2) is 0 Å². The number of rotatable bonds is 4. The van der Waals surface area contributed by atoms with Crippen LogP contribution in [0.25, 0.3) is 0 Å².